The summed E-state index contributed by atoms with van der Waals surface area (Å²) in [6, 6.07) is 4.29. The van der Waals surface area contributed by atoms with Gasteiger partial charge in [0.05, 0.1) is 6.54 Å². The summed E-state index contributed by atoms with van der Waals surface area (Å²) in [5, 5.41) is 8.82. The molecule has 1 aromatic rings. The second-order valence-electron chi connectivity index (χ2n) is 5.93. The minimum atomic E-state index is 0.470. The van der Waals surface area contributed by atoms with E-state index >= 15 is 0 Å². The van der Waals surface area contributed by atoms with Gasteiger partial charge in [0.25, 0.3) is 0 Å². The molecule has 4 nitrogen and oxygen atoms in total. The lowest BCUT2D eigenvalue weighted by Gasteiger charge is -2.13. The van der Waals surface area contributed by atoms with Crippen LogP contribution in [0.5, 0.6) is 0 Å². The number of hydrogen-bond acceptors (Lipinski definition) is 3. The van der Waals surface area contributed by atoms with Crippen molar-refractivity contribution in [3.63, 3.8) is 0 Å². The van der Waals surface area contributed by atoms with Gasteiger partial charge >= 0.3 is 0 Å². The van der Waals surface area contributed by atoms with E-state index in [1.54, 1.807) is 11.3 Å². The molecule has 0 radical (unpaired) electrons. The number of nitrogens with zero attached hydrogens (tertiary/aromatic N) is 1. The van der Waals surface area contributed by atoms with Crippen LogP contribution in [0.2, 0.25) is 0 Å². The minimum Gasteiger partial charge on any atom is -0.381 e. The summed E-state index contributed by atoms with van der Waals surface area (Å²) in [6.45, 7) is 8.72. The Bertz CT molecular complexity index is 429. The molecule has 0 amide bonds. The number of rotatable bonds is 10. The van der Waals surface area contributed by atoms with Crippen LogP contribution in [0, 0.1) is 5.92 Å². The maximum absolute atomic E-state index is 5.65. The third-order valence-corrected chi connectivity index (χ3v) is 4.81. The number of thiophene rings is 1. The molecule has 0 bridgehead atoms. The first-order chi connectivity index (χ1) is 10.8. The van der Waals surface area contributed by atoms with Crippen LogP contribution in [-0.2, 0) is 4.74 Å². The second kappa shape index (κ2) is 9.85. The third-order valence-electron chi connectivity index (χ3n) is 3.70. The zero-order valence-electron chi connectivity index (χ0n) is 13.8. The van der Waals surface area contributed by atoms with E-state index in [1.807, 2.05) is 0 Å². The van der Waals surface area contributed by atoms with Crippen molar-refractivity contribution < 1.29 is 4.74 Å². The Labute approximate surface area is 138 Å². The Morgan fingerprint density at radius 2 is 2.32 bits per heavy atom. The minimum absolute atomic E-state index is 0.470. The molecule has 1 unspecified atom stereocenters. The average molecular weight is 324 g/mol. The fourth-order valence-electron chi connectivity index (χ4n) is 2.15. The van der Waals surface area contributed by atoms with Gasteiger partial charge in [0, 0.05) is 37.1 Å². The second-order valence-corrected chi connectivity index (χ2v) is 6.91. The van der Waals surface area contributed by atoms with E-state index in [9.17, 15) is 0 Å². The van der Waals surface area contributed by atoms with Gasteiger partial charge in [0.2, 0.25) is 0 Å². The van der Waals surface area contributed by atoms with Gasteiger partial charge in [-0.3, -0.25) is 4.99 Å². The van der Waals surface area contributed by atoms with Crippen molar-refractivity contribution in [2.45, 2.75) is 39.0 Å². The van der Waals surface area contributed by atoms with Crippen LogP contribution in [0.15, 0.2) is 22.5 Å². The molecular weight excluding hydrogens is 294 g/mol. The highest BCUT2D eigenvalue weighted by molar-refractivity contribution is 7.10. The summed E-state index contributed by atoms with van der Waals surface area (Å²) in [4.78, 5) is 6.08. The van der Waals surface area contributed by atoms with E-state index in [4.69, 9.17) is 4.74 Å². The van der Waals surface area contributed by atoms with Gasteiger partial charge < -0.3 is 15.4 Å². The standard InChI is InChI=1S/C17H29N3OS/c1-3-18-17(19-9-5-10-21-13-15-7-8-15)20-12-14(2)16-6-4-11-22-16/h4,6,11,14-15H,3,5,7-10,12-13H2,1-2H3,(H2,18,19,20). The van der Waals surface area contributed by atoms with Crippen LogP contribution in [0.25, 0.3) is 0 Å². The molecule has 1 saturated carbocycles. The number of aliphatic imine (C=N–C) groups is 1. The summed E-state index contributed by atoms with van der Waals surface area (Å²) in [7, 11) is 0. The quantitative estimate of drug-likeness (QED) is 0.395. The first kappa shape index (κ1) is 17.3. The Morgan fingerprint density at radius 3 is 3.00 bits per heavy atom. The third kappa shape index (κ3) is 6.79. The lowest BCUT2D eigenvalue weighted by atomic mass is 10.1. The lowest BCUT2D eigenvalue weighted by Crippen LogP contribution is -2.38. The van der Waals surface area contributed by atoms with Crippen LogP contribution in [-0.4, -0.2) is 38.8 Å². The zero-order chi connectivity index (χ0) is 15.6. The molecular formula is C17H29N3OS. The van der Waals surface area contributed by atoms with Crippen molar-refractivity contribution in [1.29, 1.82) is 0 Å². The topological polar surface area (TPSA) is 45.7 Å². The summed E-state index contributed by atoms with van der Waals surface area (Å²) in [5.41, 5.74) is 0. The van der Waals surface area contributed by atoms with Gasteiger partial charge in [-0.15, -0.1) is 11.3 Å². The van der Waals surface area contributed by atoms with Crippen LogP contribution in [0.4, 0.5) is 0 Å². The normalized spacial score (nSPS) is 16.5. The monoisotopic (exact) mass is 323 g/mol. The highest BCUT2D eigenvalue weighted by Crippen LogP contribution is 2.28. The van der Waals surface area contributed by atoms with E-state index in [0.717, 1.165) is 51.1 Å². The Morgan fingerprint density at radius 1 is 1.45 bits per heavy atom. The molecule has 5 heteroatoms. The van der Waals surface area contributed by atoms with Gasteiger partial charge in [-0.25, -0.2) is 0 Å². The van der Waals surface area contributed by atoms with Crippen LogP contribution in [0.1, 0.15) is 43.9 Å². The molecule has 124 valence electrons. The van der Waals surface area contributed by atoms with Crippen LogP contribution in [0.3, 0.4) is 0 Å². The molecule has 1 atom stereocenters. The van der Waals surface area contributed by atoms with Crippen molar-refractivity contribution in [3.05, 3.63) is 22.4 Å². The molecule has 1 fully saturated rings. The molecule has 2 rings (SSSR count). The van der Waals surface area contributed by atoms with E-state index in [2.05, 4.69) is 47.0 Å². The predicted molar refractivity (Wildman–Crippen MR) is 94.9 cm³/mol. The molecule has 0 spiro atoms. The van der Waals surface area contributed by atoms with Crippen LogP contribution >= 0.6 is 11.3 Å². The van der Waals surface area contributed by atoms with E-state index in [0.29, 0.717) is 5.92 Å². The Kier molecular flexibility index (Phi) is 7.74. The van der Waals surface area contributed by atoms with Gasteiger partial charge in [-0.05, 0) is 43.6 Å². The van der Waals surface area contributed by atoms with Crippen molar-refractivity contribution in [2.24, 2.45) is 10.9 Å². The molecule has 1 heterocycles. The first-order valence-corrected chi connectivity index (χ1v) is 9.31. The van der Waals surface area contributed by atoms with E-state index in [1.165, 1.54) is 17.7 Å². The highest BCUT2D eigenvalue weighted by atomic mass is 32.1. The Hall–Kier alpha value is -1.07. The summed E-state index contributed by atoms with van der Waals surface area (Å²) < 4.78 is 5.65. The molecule has 0 saturated heterocycles. The molecule has 2 N–H and O–H groups in total. The van der Waals surface area contributed by atoms with Crippen molar-refractivity contribution in [2.75, 3.05) is 32.8 Å². The maximum Gasteiger partial charge on any atom is 0.191 e. The lowest BCUT2D eigenvalue weighted by molar-refractivity contribution is 0.123. The zero-order valence-corrected chi connectivity index (χ0v) is 14.6. The molecule has 1 aliphatic carbocycles. The van der Waals surface area contributed by atoms with E-state index < -0.39 is 0 Å². The molecule has 0 aromatic carbocycles. The van der Waals surface area contributed by atoms with Crippen molar-refractivity contribution in [1.82, 2.24) is 10.6 Å². The smallest absolute Gasteiger partial charge is 0.191 e. The van der Waals surface area contributed by atoms with Crippen molar-refractivity contribution in [3.8, 4) is 0 Å². The largest absolute Gasteiger partial charge is 0.381 e. The van der Waals surface area contributed by atoms with Gasteiger partial charge in [-0.1, -0.05) is 13.0 Å². The number of guanidine groups is 1. The molecule has 1 aromatic heterocycles. The molecule has 0 aliphatic heterocycles. The number of nitrogens with one attached hydrogen (secondary N) is 2. The number of hydrogen-bond donors (Lipinski definition) is 2. The van der Waals surface area contributed by atoms with Gasteiger partial charge in [0.15, 0.2) is 5.96 Å². The fourth-order valence-corrected chi connectivity index (χ4v) is 2.93. The van der Waals surface area contributed by atoms with Crippen molar-refractivity contribution >= 4 is 17.3 Å². The first-order valence-electron chi connectivity index (χ1n) is 8.43. The molecule has 22 heavy (non-hydrogen) atoms. The maximum atomic E-state index is 5.65. The molecule has 1 aliphatic rings. The predicted octanol–water partition coefficient (Wildman–Crippen LogP) is 3.22. The van der Waals surface area contributed by atoms with Gasteiger partial charge in [-0.2, -0.15) is 0 Å². The van der Waals surface area contributed by atoms with E-state index in [-0.39, 0.29) is 0 Å². The fraction of sp³-hybridized carbons (Fsp3) is 0.706. The Balaban J connectivity index is 1.62. The summed E-state index contributed by atoms with van der Waals surface area (Å²) >= 11 is 1.80. The van der Waals surface area contributed by atoms with Gasteiger partial charge in [0.1, 0.15) is 0 Å². The highest BCUT2D eigenvalue weighted by Gasteiger charge is 2.20. The van der Waals surface area contributed by atoms with Crippen LogP contribution < -0.4 is 10.6 Å². The summed E-state index contributed by atoms with van der Waals surface area (Å²) in [6.07, 6.45) is 3.74. The summed E-state index contributed by atoms with van der Waals surface area (Å²) in [5.74, 6) is 2.23. The SMILES string of the molecule is CCNC(=NCC(C)c1cccs1)NCCCOCC1CC1. The number of ether oxygens (including phenoxy) is 1. The average Bonchev–Trinajstić information content (AvgIpc) is 3.18.